The molecule has 1 saturated heterocycles. The van der Waals surface area contributed by atoms with E-state index in [1.807, 2.05) is 69.9 Å². The van der Waals surface area contributed by atoms with Crippen molar-refractivity contribution in [3.8, 4) is 11.1 Å². The number of nitrogens with one attached hydrogen (secondary N) is 1. The van der Waals surface area contributed by atoms with Gasteiger partial charge in [0.05, 0.1) is 6.04 Å². The van der Waals surface area contributed by atoms with Gasteiger partial charge in [-0.05, 0) is 29.9 Å². The van der Waals surface area contributed by atoms with Crippen LogP contribution in [-0.2, 0) is 15.4 Å². The van der Waals surface area contributed by atoms with E-state index in [9.17, 15) is 9.18 Å². The molecule has 40 heavy (non-hydrogen) atoms. The Morgan fingerprint density at radius 2 is 1.85 bits per heavy atom. The highest BCUT2D eigenvalue weighted by Crippen LogP contribution is 2.39. The zero-order valence-electron chi connectivity index (χ0n) is 23.7. The van der Waals surface area contributed by atoms with Gasteiger partial charge in [0.2, 0.25) is 11.6 Å². The van der Waals surface area contributed by atoms with Gasteiger partial charge in [-0.25, -0.2) is 4.39 Å². The molecule has 4 atom stereocenters. The fourth-order valence-electron chi connectivity index (χ4n) is 5.65. The molecule has 2 aliphatic heterocycles. The minimum Gasteiger partial charge on any atom is -0.361 e. The predicted molar refractivity (Wildman–Crippen MR) is 153 cm³/mol. The standard InChI is InChI=1S/C31H36ClFN4O3/c1-17(2)25(28-26(32)27(18(3)4)35-39-28)30(38)37-16-19(5)15-24(37)29-34-31(6,40-36-29)21-13-11-20(12-14-21)22-9-7-8-10-23(22)33/h7-14,17-19,24-25H,15-16H2,1-6H3,(H,34,36)/t19-,24+,25-,31?/m1/s1. The van der Waals surface area contributed by atoms with Crippen molar-refractivity contribution in [2.45, 2.75) is 71.6 Å². The number of nitrogens with zero attached hydrogens (tertiary/aromatic N) is 3. The van der Waals surface area contributed by atoms with Gasteiger partial charge in [-0.15, -0.1) is 0 Å². The number of amides is 1. The number of hydrogen-bond donors (Lipinski definition) is 1. The van der Waals surface area contributed by atoms with Gasteiger partial charge in [-0.3, -0.25) is 4.79 Å². The topological polar surface area (TPSA) is 80.0 Å². The molecule has 212 valence electrons. The molecule has 7 nitrogen and oxygen atoms in total. The third-order valence-corrected chi connectivity index (χ3v) is 8.25. The number of hydrogen-bond acceptors (Lipinski definition) is 6. The fourth-order valence-corrected chi connectivity index (χ4v) is 6.05. The number of aromatic nitrogens is 1. The van der Waals surface area contributed by atoms with E-state index in [0.717, 1.165) is 17.5 Å². The van der Waals surface area contributed by atoms with E-state index in [1.165, 1.54) is 6.07 Å². The van der Waals surface area contributed by atoms with E-state index < -0.39 is 11.6 Å². The van der Waals surface area contributed by atoms with Gasteiger partial charge < -0.3 is 19.6 Å². The van der Waals surface area contributed by atoms with E-state index in [0.29, 0.717) is 34.4 Å². The second kappa shape index (κ2) is 10.9. The van der Waals surface area contributed by atoms with Crippen LogP contribution < -0.4 is 5.32 Å². The minimum atomic E-state index is -0.929. The second-order valence-electron chi connectivity index (χ2n) is 11.8. The number of halogens is 2. The third kappa shape index (κ3) is 5.09. The van der Waals surface area contributed by atoms with E-state index in [1.54, 1.807) is 12.1 Å². The molecule has 2 aromatic carbocycles. The van der Waals surface area contributed by atoms with Crippen molar-refractivity contribution in [3.05, 3.63) is 76.4 Å². The van der Waals surface area contributed by atoms with Crippen LogP contribution in [0.3, 0.4) is 0 Å². The summed E-state index contributed by atoms with van der Waals surface area (Å²) in [4.78, 5) is 21.9. The summed E-state index contributed by atoms with van der Waals surface area (Å²) in [5, 5.41) is 12.5. The van der Waals surface area contributed by atoms with Crippen molar-refractivity contribution in [2.24, 2.45) is 17.0 Å². The number of carbonyl (C=O) groups is 1. The third-order valence-electron chi connectivity index (χ3n) is 7.87. The molecular formula is C31H36ClFN4O3. The summed E-state index contributed by atoms with van der Waals surface area (Å²) in [5.41, 5.74) is 1.88. The molecule has 1 N–H and O–H groups in total. The fraction of sp³-hybridized carbons (Fsp3) is 0.452. The Bertz CT molecular complexity index is 1420. The lowest BCUT2D eigenvalue weighted by molar-refractivity contribution is -0.134. The van der Waals surface area contributed by atoms with Crippen molar-refractivity contribution >= 4 is 23.3 Å². The molecular weight excluding hydrogens is 531 g/mol. The Hall–Kier alpha value is -3.39. The van der Waals surface area contributed by atoms with E-state index in [2.05, 4.69) is 22.6 Å². The number of benzene rings is 2. The average molecular weight is 567 g/mol. The number of amidine groups is 1. The van der Waals surface area contributed by atoms with E-state index in [4.69, 9.17) is 21.0 Å². The zero-order chi connectivity index (χ0) is 28.8. The molecule has 0 saturated carbocycles. The molecule has 5 rings (SSSR count). The van der Waals surface area contributed by atoms with E-state index in [-0.39, 0.29) is 35.5 Å². The summed E-state index contributed by atoms with van der Waals surface area (Å²) in [6, 6.07) is 14.0. The highest BCUT2D eigenvalue weighted by atomic mass is 35.5. The maximum atomic E-state index is 14.3. The van der Waals surface area contributed by atoms with Gasteiger partial charge in [-0.1, -0.05) is 99.0 Å². The Kier molecular flexibility index (Phi) is 7.66. The number of rotatable bonds is 7. The Morgan fingerprint density at radius 1 is 1.15 bits per heavy atom. The zero-order valence-corrected chi connectivity index (χ0v) is 24.5. The first kappa shape index (κ1) is 28.1. The van der Waals surface area contributed by atoms with Gasteiger partial charge in [0.15, 0.2) is 11.6 Å². The summed E-state index contributed by atoms with van der Waals surface area (Å²) >= 11 is 6.66. The first-order chi connectivity index (χ1) is 19.0. The average Bonchev–Trinajstić information content (AvgIpc) is 3.61. The van der Waals surface area contributed by atoms with Crippen molar-refractivity contribution in [1.82, 2.24) is 15.4 Å². The van der Waals surface area contributed by atoms with Crippen molar-refractivity contribution in [3.63, 3.8) is 0 Å². The molecule has 3 aromatic rings. The van der Waals surface area contributed by atoms with Gasteiger partial charge in [0.25, 0.3) is 0 Å². The minimum absolute atomic E-state index is 0.0533. The molecule has 2 aliphatic rings. The normalized spacial score (nSPS) is 23.4. The monoisotopic (exact) mass is 566 g/mol. The van der Waals surface area contributed by atoms with Gasteiger partial charge >= 0.3 is 0 Å². The molecule has 0 bridgehead atoms. The lowest BCUT2D eigenvalue weighted by Gasteiger charge is -2.30. The van der Waals surface area contributed by atoms with Crippen LogP contribution in [0.15, 0.2) is 58.2 Å². The molecule has 9 heteroatoms. The molecule has 1 aromatic heterocycles. The van der Waals surface area contributed by atoms with Crippen LogP contribution in [0, 0.1) is 17.7 Å². The van der Waals surface area contributed by atoms with E-state index >= 15 is 0 Å². The Labute approximate surface area is 239 Å². The molecule has 3 heterocycles. The van der Waals surface area contributed by atoms with Gasteiger partial charge in [-0.2, -0.15) is 0 Å². The van der Waals surface area contributed by atoms with Crippen LogP contribution >= 0.6 is 11.6 Å². The number of carbonyl (C=O) groups excluding carboxylic acids is 1. The first-order valence-electron chi connectivity index (χ1n) is 13.8. The molecule has 1 unspecified atom stereocenters. The van der Waals surface area contributed by atoms with Crippen LogP contribution in [0.25, 0.3) is 11.1 Å². The van der Waals surface area contributed by atoms with Crippen molar-refractivity contribution < 1.29 is 18.5 Å². The molecule has 1 fully saturated rings. The second-order valence-corrected chi connectivity index (χ2v) is 12.1. The maximum absolute atomic E-state index is 14.3. The summed E-state index contributed by atoms with van der Waals surface area (Å²) in [7, 11) is 0. The molecule has 0 radical (unpaired) electrons. The van der Waals surface area contributed by atoms with Crippen molar-refractivity contribution in [2.75, 3.05) is 6.54 Å². The summed E-state index contributed by atoms with van der Waals surface area (Å²) in [5.74, 6) is 0.422. The van der Waals surface area contributed by atoms with Crippen LogP contribution in [-0.4, -0.2) is 34.4 Å². The number of likely N-dealkylation sites (tertiary alicyclic amines) is 1. The van der Waals surface area contributed by atoms with Gasteiger partial charge in [0.1, 0.15) is 22.5 Å². The highest BCUT2D eigenvalue weighted by molar-refractivity contribution is 6.32. The van der Waals surface area contributed by atoms with Crippen LogP contribution in [0.2, 0.25) is 5.02 Å². The predicted octanol–water partition coefficient (Wildman–Crippen LogP) is 7.04. The van der Waals surface area contributed by atoms with Crippen LogP contribution in [0.5, 0.6) is 0 Å². The molecule has 0 aliphatic carbocycles. The summed E-state index contributed by atoms with van der Waals surface area (Å²) in [6.07, 6.45) is 0.745. The largest absolute Gasteiger partial charge is 0.361 e. The lowest BCUT2D eigenvalue weighted by atomic mass is 9.90. The summed E-state index contributed by atoms with van der Waals surface area (Å²) < 4.78 is 19.9. The summed E-state index contributed by atoms with van der Waals surface area (Å²) in [6.45, 7) is 12.6. The van der Waals surface area contributed by atoms with Gasteiger partial charge in [0, 0.05) is 30.5 Å². The number of oxime groups is 1. The Balaban J connectivity index is 1.36. The quantitative estimate of drug-likeness (QED) is 0.332. The SMILES string of the molecule is CC(C)c1noc([C@H](C(=O)N2C[C@H](C)C[C@H]2C2=NOC(C)(c3ccc(-c4ccccc4F)cc3)N2)C(C)C)c1Cl. The first-order valence-corrected chi connectivity index (χ1v) is 14.2. The smallest absolute Gasteiger partial charge is 0.234 e. The molecule has 0 spiro atoms. The van der Waals surface area contributed by atoms with Crippen molar-refractivity contribution in [1.29, 1.82) is 0 Å². The molecule has 1 amide bonds. The lowest BCUT2D eigenvalue weighted by Crippen LogP contribution is -2.50. The van der Waals surface area contributed by atoms with Crippen LogP contribution in [0.4, 0.5) is 4.39 Å². The maximum Gasteiger partial charge on any atom is 0.234 e. The highest BCUT2D eigenvalue weighted by Gasteiger charge is 2.46. The Morgan fingerprint density at radius 3 is 2.48 bits per heavy atom. The van der Waals surface area contributed by atoms with Crippen LogP contribution in [0.1, 0.15) is 76.8 Å².